The minimum absolute atomic E-state index is 0.0970. The molecule has 0 saturated heterocycles. The highest BCUT2D eigenvalue weighted by molar-refractivity contribution is 6.34. The van der Waals surface area contributed by atoms with Gasteiger partial charge in [-0.1, -0.05) is 11.6 Å². The van der Waals surface area contributed by atoms with Crippen molar-refractivity contribution in [3.8, 4) is 0 Å². The first-order valence-corrected chi connectivity index (χ1v) is 5.77. The van der Waals surface area contributed by atoms with E-state index in [0.717, 1.165) is 0 Å². The average molecular weight is 301 g/mol. The van der Waals surface area contributed by atoms with Crippen LogP contribution in [0.2, 0.25) is 5.02 Å². The molecule has 0 aliphatic carbocycles. The van der Waals surface area contributed by atoms with E-state index in [1.165, 1.54) is 18.2 Å². The number of hydrogen-bond donors (Lipinski definition) is 2. The second-order valence-electron chi connectivity index (χ2n) is 3.94. The minimum Gasteiger partial charge on any atom is -0.399 e. The van der Waals surface area contributed by atoms with Gasteiger partial charge in [0.15, 0.2) is 0 Å². The highest BCUT2D eigenvalue weighted by Gasteiger charge is 2.19. The Kier molecular flexibility index (Phi) is 3.85. The van der Waals surface area contributed by atoms with Crippen molar-refractivity contribution in [3.05, 3.63) is 58.4 Å². The molecule has 0 aromatic heterocycles. The molecule has 0 radical (unpaired) electrons. The molecule has 104 valence electrons. The Morgan fingerprint density at radius 1 is 1.10 bits per heavy atom. The summed E-state index contributed by atoms with van der Waals surface area (Å²) in [4.78, 5) is 11.8. The second kappa shape index (κ2) is 5.42. The lowest BCUT2D eigenvalue weighted by molar-refractivity contribution is 0.101. The van der Waals surface area contributed by atoms with E-state index in [2.05, 4.69) is 5.32 Å². The number of halogens is 4. The van der Waals surface area contributed by atoms with E-state index in [1.807, 2.05) is 0 Å². The molecule has 3 nitrogen and oxygen atoms in total. The van der Waals surface area contributed by atoms with Crippen molar-refractivity contribution in [2.45, 2.75) is 0 Å². The van der Waals surface area contributed by atoms with Gasteiger partial charge in [-0.2, -0.15) is 0 Å². The third kappa shape index (κ3) is 2.85. The maximum Gasteiger partial charge on any atom is 0.261 e. The molecule has 2 aromatic rings. The van der Waals surface area contributed by atoms with E-state index < -0.39 is 28.9 Å². The molecule has 0 saturated carbocycles. The molecule has 20 heavy (non-hydrogen) atoms. The summed E-state index contributed by atoms with van der Waals surface area (Å²) >= 11 is 5.81. The topological polar surface area (TPSA) is 55.1 Å². The van der Waals surface area contributed by atoms with Crippen LogP contribution in [0.3, 0.4) is 0 Å². The number of nitrogen functional groups attached to an aromatic ring is 1. The number of nitrogens with one attached hydrogen (secondary N) is 1. The Morgan fingerprint density at radius 2 is 1.70 bits per heavy atom. The fourth-order valence-corrected chi connectivity index (χ4v) is 1.75. The van der Waals surface area contributed by atoms with Crippen molar-refractivity contribution in [2.24, 2.45) is 0 Å². The lowest BCUT2D eigenvalue weighted by Crippen LogP contribution is -2.16. The third-order valence-electron chi connectivity index (χ3n) is 2.47. The SMILES string of the molecule is Nc1ccc(Cl)c(NC(=O)c2c(F)cc(F)cc2F)c1. The van der Waals surface area contributed by atoms with E-state index in [9.17, 15) is 18.0 Å². The third-order valence-corrected chi connectivity index (χ3v) is 2.80. The number of amides is 1. The summed E-state index contributed by atoms with van der Waals surface area (Å²) in [5.41, 5.74) is 5.02. The van der Waals surface area contributed by atoms with Crippen LogP contribution in [0, 0.1) is 17.5 Å². The Balaban J connectivity index is 2.36. The predicted octanol–water partition coefficient (Wildman–Crippen LogP) is 3.59. The summed E-state index contributed by atoms with van der Waals surface area (Å²) in [5, 5.41) is 2.36. The Morgan fingerprint density at radius 3 is 2.30 bits per heavy atom. The maximum atomic E-state index is 13.4. The largest absolute Gasteiger partial charge is 0.399 e. The molecule has 1 amide bonds. The number of carbonyl (C=O) groups excluding carboxylic acids is 1. The van der Waals surface area contributed by atoms with E-state index >= 15 is 0 Å². The summed E-state index contributed by atoms with van der Waals surface area (Å²) in [6.07, 6.45) is 0. The Bertz CT molecular complexity index is 668. The van der Waals surface area contributed by atoms with Gasteiger partial charge in [0.1, 0.15) is 23.0 Å². The highest BCUT2D eigenvalue weighted by Crippen LogP contribution is 2.25. The lowest BCUT2D eigenvalue weighted by atomic mass is 10.1. The van der Waals surface area contributed by atoms with Crippen molar-refractivity contribution < 1.29 is 18.0 Å². The predicted molar refractivity (Wildman–Crippen MR) is 70.1 cm³/mol. The van der Waals surface area contributed by atoms with Crippen LogP contribution < -0.4 is 11.1 Å². The van der Waals surface area contributed by atoms with Crippen LogP contribution in [-0.2, 0) is 0 Å². The van der Waals surface area contributed by atoms with Gasteiger partial charge in [-0.05, 0) is 18.2 Å². The van der Waals surface area contributed by atoms with Gasteiger partial charge in [-0.15, -0.1) is 0 Å². The van der Waals surface area contributed by atoms with Crippen molar-refractivity contribution in [3.63, 3.8) is 0 Å². The summed E-state index contributed by atoms with van der Waals surface area (Å²) in [7, 11) is 0. The van der Waals surface area contributed by atoms with Gasteiger partial charge in [-0.25, -0.2) is 13.2 Å². The molecule has 0 aliphatic rings. The molecule has 0 aliphatic heterocycles. The molecule has 0 heterocycles. The molecule has 0 bridgehead atoms. The normalized spacial score (nSPS) is 10.4. The van der Waals surface area contributed by atoms with Crippen LogP contribution >= 0.6 is 11.6 Å². The second-order valence-corrected chi connectivity index (χ2v) is 4.35. The molecular weight excluding hydrogens is 293 g/mol. The maximum absolute atomic E-state index is 13.4. The minimum atomic E-state index is -1.31. The first-order chi connectivity index (χ1) is 9.38. The molecule has 0 fully saturated rings. The molecule has 0 spiro atoms. The summed E-state index contributed by atoms with van der Waals surface area (Å²) in [6.45, 7) is 0. The highest BCUT2D eigenvalue weighted by atomic mass is 35.5. The zero-order valence-electron chi connectivity index (χ0n) is 9.88. The molecule has 2 rings (SSSR count). The molecule has 3 N–H and O–H groups in total. The number of rotatable bonds is 2. The van der Waals surface area contributed by atoms with Crippen LogP contribution in [0.1, 0.15) is 10.4 Å². The zero-order chi connectivity index (χ0) is 14.9. The van der Waals surface area contributed by atoms with Crippen molar-refractivity contribution >= 4 is 28.9 Å². The number of hydrogen-bond acceptors (Lipinski definition) is 2. The molecular formula is C13H8ClF3N2O. The van der Waals surface area contributed by atoms with Crippen LogP contribution in [0.25, 0.3) is 0 Å². The van der Waals surface area contributed by atoms with E-state index in [1.54, 1.807) is 0 Å². The number of benzene rings is 2. The van der Waals surface area contributed by atoms with E-state index in [0.29, 0.717) is 17.8 Å². The molecule has 0 unspecified atom stereocenters. The lowest BCUT2D eigenvalue weighted by Gasteiger charge is -2.09. The van der Waals surface area contributed by atoms with Gasteiger partial charge in [0, 0.05) is 17.8 Å². The van der Waals surface area contributed by atoms with E-state index in [-0.39, 0.29) is 10.7 Å². The van der Waals surface area contributed by atoms with Crippen LogP contribution in [0.15, 0.2) is 30.3 Å². The van der Waals surface area contributed by atoms with Crippen LogP contribution in [0.5, 0.6) is 0 Å². The first-order valence-electron chi connectivity index (χ1n) is 5.39. The van der Waals surface area contributed by atoms with Crippen molar-refractivity contribution in [2.75, 3.05) is 11.1 Å². The number of nitrogens with two attached hydrogens (primary N) is 1. The Labute approximate surface area is 117 Å². The average Bonchev–Trinajstić information content (AvgIpc) is 2.32. The fourth-order valence-electron chi connectivity index (χ4n) is 1.58. The van der Waals surface area contributed by atoms with Gasteiger partial charge in [0.2, 0.25) is 0 Å². The summed E-state index contributed by atoms with van der Waals surface area (Å²) in [5.74, 6) is -4.81. The van der Waals surface area contributed by atoms with Crippen LogP contribution in [0.4, 0.5) is 24.5 Å². The van der Waals surface area contributed by atoms with Crippen molar-refractivity contribution in [1.82, 2.24) is 0 Å². The quantitative estimate of drug-likeness (QED) is 0.833. The van der Waals surface area contributed by atoms with Gasteiger partial charge in [0.05, 0.1) is 10.7 Å². The van der Waals surface area contributed by atoms with Crippen molar-refractivity contribution in [1.29, 1.82) is 0 Å². The van der Waals surface area contributed by atoms with E-state index in [4.69, 9.17) is 17.3 Å². The first kappa shape index (κ1) is 14.2. The fraction of sp³-hybridized carbons (Fsp3) is 0. The number of carbonyl (C=O) groups is 1. The van der Waals surface area contributed by atoms with Gasteiger partial charge in [0.25, 0.3) is 5.91 Å². The number of anilines is 2. The standard InChI is InChI=1S/C13H8ClF3N2O/c14-8-2-1-7(18)5-11(8)19-13(20)12-9(16)3-6(15)4-10(12)17/h1-5H,18H2,(H,19,20). The molecule has 7 heteroatoms. The zero-order valence-corrected chi connectivity index (χ0v) is 10.6. The smallest absolute Gasteiger partial charge is 0.261 e. The van der Waals surface area contributed by atoms with Gasteiger partial charge >= 0.3 is 0 Å². The van der Waals surface area contributed by atoms with Gasteiger partial charge in [-0.3, -0.25) is 4.79 Å². The monoisotopic (exact) mass is 300 g/mol. The summed E-state index contributed by atoms with van der Waals surface area (Å²) < 4.78 is 39.7. The Hall–Kier alpha value is -2.21. The van der Waals surface area contributed by atoms with Crippen LogP contribution in [-0.4, -0.2) is 5.91 Å². The summed E-state index contributed by atoms with van der Waals surface area (Å²) in [6, 6.07) is 5.08. The molecule has 2 aromatic carbocycles. The molecule has 0 atom stereocenters. The van der Waals surface area contributed by atoms with Gasteiger partial charge < -0.3 is 11.1 Å².